The predicted octanol–water partition coefficient (Wildman–Crippen LogP) is 6.54. The second kappa shape index (κ2) is 11.1. The van der Waals surface area contributed by atoms with Crippen molar-refractivity contribution in [3.8, 4) is 11.1 Å². The number of amidine groups is 1. The normalized spacial score (nSPS) is 24.2. The Hall–Kier alpha value is -3.50. The first-order valence-corrected chi connectivity index (χ1v) is 17.3. The van der Waals surface area contributed by atoms with Gasteiger partial charge in [-0.25, -0.2) is 8.42 Å². The van der Waals surface area contributed by atoms with E-state index >= 15 is 0 Å². The van der Waals surface area contributed by atoms with Gasteiger partial charge >= 0.3 is 0 Å². The van der Waals surface area contributed by atoms with Crippen LogP contribution < -0.4 is 4.72 Å². The second-order valence-electron chi connectivity index (χ2n) is 13.0. The molecule has 10 heteroatoms. The lowest BCUT2D eigenvalue weighted by atomic mass is 9.93. The lowest BCUT2D eigenvalue weighted by Crippen LogP contribution is -2.41. The fourth-order valence-corrected chi connectivity index (χ4v) is 8.09. The van der Waals surface area contributed by atoms with Crippen LogP contribution in [0.2, 0.25) is 0 Å². The van der Waals surface area contributed by atoms with Gasteiger partial charge in [-0.05, 0) is 87.0 Å². The number of sulfonamides is 1. The van der Waals surface area contributed by atoms with Gasteiger partial charge in [-0.1, -0.05) is 54.9 Å². The van der Waals surface area contributed by atoms with Gasteiger partial charge < -0.3 is 9.26 Å². The molecule has 0 radical (unpaired) electrons. The number of benzene rings is 2. The number of hydrogen-bond acceptors (Lipinski definition) is 7. The second-order valence-corrected chi connectivity index (χ2v) is 14.7. The number of fused-ring (bicyclic) bond motifs is 1. The SMILES string of the molecule is CCCCC1=NC2(CC3CC3C2)C(=O)N1Cc1ccc(-c2ccccc2S(=O)(=O)Nc2noc(C)c2C)c(COC2CC2)c1. The van der Waals surface area contributed by atoms with Gasteiger partial charge in [0.25, 0.3) is 15.9 Å². The molecule has 4 aliphatic rings. The van der Waals surface area contributed by atoms with Crippen LogP contribution in [0.1, 0.15) is 80.7 Å². The van der Waals surface area contributed by atoms with E-state index in [1.54, 1.807) is 26.0 Å². The number of aliphatic imine (C=N–C) groups is 1. The highest BCUT2D eigenvalue weighted by molar-refractivity contribution is 7.92. The van der Waals surface area contributed by atoms with Crippen molar-refractivity contribution >= 4 is 27.6 Å². The van der Waals surface area contributed by atoms with Gasteiger partial charge in [0.1, 0.15) is 17.1 Å². The van der Waals surface area contributed by atoms with Crippen molar-refractivity contribution in [2.24, 2.45) is 16.8 Å². The van der Waals surface area contributed by atoms with Crippen molar-refractivity contribution in [3.63, 3.8) is 0 Å². The molecule has 1 N–H and O–H groups in total. The molecule has 1 spiro atoms. The number of anilines is 1. The molecule has 2 unspecified atom stereocenters. The minimum Gasteiger partial charge on any atom is -0.374 e. The summed E-state index contributed by atoms with van der Waals surface area (Å²) in [4.78, 5) is 21.1. The molecule has 44 heavy (non-hydrogen) atoms. The van der Waals surface area contributed by atoms with E-state index in [2.05, 4.69) is 22.9 Å². The number of hydrogen-bond donors (Lipinski definition) is 1. The molecule has 2 aromatic carbocycles. The Morgan fingerprint density at radius 1 is 1.09 bits per heavy atom. The van der Waals surface area contributed by atoms with Crippen molar-refractivity contribution in [2.75, 3.05) is 4.72 Å². The van der Waals surface area contributed by atoms with Gasteiger partial charge in [0.05, 0.1) is 24.2 Å². The first kappa shape index (κ1) is 29.2. The number of carbonyl (C=O) groups is 1. The minimum atomic E-state index is -3.99. The summed E-state index contributed by atoms with van der Waals surface area (Å²) in [6.07, 6.45) is 8.15. The van der Waals surface area contributed by atoms with Gasteiger partial charge in [-0.3, -0.25) is 19.4 Å². The molecule has 3 aromatic rings. The summed E-state index contributed by atoms with van der Waals surface area (Å²) in [7, 11) is -3.99. The molecule has 0 saturated heterocycles. The molecule has 1 aromatic heterocycles. The van der Waals surface area contributed by atoms with Crippen LogP contribution in [0.5, 0.6) is 0 Å². The average molecular weight is 617 g/mol. The van der Waals surface area contributed by atoms with Crippen molar-refractivity contribution < 1.29 is 22.5 Å². The number of carbonyl (C=O) groups excluding carboxylic acids is 1. The van der Waals surface area contributed by atoms with Gasteiger partial charge in [0.15, 0.2) is 5.82 Å². The first-order chi connectivity index (χ1) is 21.2. The van der Waals surface area contributed by atoms with E-state index in [4.69, 9.17) is 14.3 Å². The van der Waals surface area contributed by atoms with Crippen LogP contribution in [0.25, 0.3) is 11.1 Å². The van der Waals surface area contributed by atoms with Crippen LogP contribution in [-0.2, 0) is 32.7 Å². The van der Waals surface area contributed by atoms with E-state index in [1.807, 2.05) is 29.2 Å². The van der Waals surface area contributed by atoms with Crippen LogP contribution in [0.3, 0.4) is 0 Å². The third-order valence-electron chi connectivity index (χ3n) is 9.68. The Labute approximate surface area is 259 Å². The maximum absolute atomic E-state index is 13.9. The predicted molar refractivity (Wildman–Crippen MR) is 168 cm³/mol. The Balaban J connectivity index is 1.21. The third-order valence-corrected chi connectivity index (χ3v) is 11.1. The van der Waals surface area contributed by atoms with Crippen LogP contribution in [0, 0.1) is 25.7 Å². The molecular weight excluding hydrogens is 576 g/mol. The number of nitrogens with one attached hydrogen (secondary N) is 1. The quantitative estimate of drug-likeness (QED) is 0.247. The van der Waals surface area contributed by atoms with Gasteiger partial charge in [0, 0.05) is 17.5 Å². The lowest BCUT2D eigenvalue weighted by Gasteiger charge is -2.24. The van der Waals surface area contributed by atoms with E-state index in [0.717, 1.165) is 67.5 Å². The van der Waals surface area contributed by atoms with Crippen molar-refractivity contribution in [2.45, 2.75) is 102 Å². The fraction of sp³-hybridized carbons (Fsp3) is 0.500. The molecule has 232 valence electrons. The minimum absolute atomic E-state index is 0.144. The molecular formula is C34H40N4O5S. The van der Waals surface area contributed by atoms with Crippen LogP contribution in [-0.4, -0.2) is 41.9 Å². The van der Waals surface area contributed by atoms with Crippen molar-refractivity contribution in [1.29, 1.82) is 0 Å². The standard InChI is InChI=1S/C34H40N4O5S/c1-4-5-10-31-35-34(17-24-16-25(24)18-34)33(39)38(31)19-23-11-14-28(26(15-23)20-42-27-12-13-27)29-8-6-7-9-30(29)44(40,41)37-32-21(2)22(3)43-36-32/h6-9,11,14-15,24-25,27H,4-5,10,12-13,16-20H2,1-3H3,(H,36,37). The number of rotatable bonds is 12. The smallest absolute Gasteiger partial charge is 0.263 e. The lowest BCUT2D eigenvalue weighted by molar-refractivity contribution is -0.131. The number of aromatic nitrogens is 1. The molecule has 2 atom stereocenters. The van der Waals surface area contributed by atoms with Crippen molar-refractivity contribution in [1.82, 2.24) is 10.1 Å². The van der Waals surface area contributed by atoms with E-state index < -0.39 is 15.6 Å². The largest absolute Gasteiger partial charge is 0.374 e. The Morgan fingerprint density at radius 2 is 1.86 bits per heavy atom. The summed E-state index contributed by atoms with van der Waals surface area (Å²) in [6.45, 7) is 6.47. The van der Waals surface area contributed by atoms with Crippen LogP contribution in [0.15, 0.2) is 56.9 Å². The van der Waals surface area contributed by atoms with E-state index in [0.29, 0.717) is 41.9 Å². The number of nitrogens with zero attached hydrogens (tertiary/aromatic N) is 3. The molecule has 7 rings (SSSR count). The van der Waals surface area contributed by atoms with Gasteiger partial charge in [-0.2, -0.15) is 0 Å². The Bertz CT molecular complexity index is 1730. The summed E-state index contributed by atoms with van der Waals surface area (Å²) in [5.74, 6) is 3.11. The molecule has 0 bridgehead atoms. The highest BCUT2D eigenvalue weighted by Crippen LogP contribution is 2.59. The Morgan fingerprint density at radius 3 is 2.57 bits per heavy atom. The zero-order valence-electron chi connectivity index (χ0n) is 25.6. The molecule has 3 fully saturated rings. The molecule has 2 heterocycles. The summed E-state index contributed by atoms with van der Waals surface area (Å²) >= 11 is 0. The summed E-state index contributed by atoms with van der Waals surface area (Å²) < 4.78 is 41.3. The zero-order valence-corrected chi connectivity index (χ0v) is 26.5. The maximum atomic E-state index is 13.9. The molecule has 3 aliphatic carbocycles. The maximum Gasteiger partial charge on any atom is 0.263 e. The number of amides is 1. The molecule has 1 aliphatic heterocycles. The number of unbranched alkanes of at least 4 members (excludes halogenated alkanes) is 1. The highest BCUT2D eigenvalue weighted by Gasteiger charge is 2.61. The molecule has 3 saturated carbocycles. The van der Waals surface area contributed by atoms with Gasteiger partial charge in [-0.15, -0.1) is 0 Å². The summed E-state index contributed by atoms with van der Waals surface area (Å²) in [5, 5.41) is 3.90. The molecule has 1 amide bonds. The fourth-order valence-electron chi connectivity index (χ4n) is 6.81. The first-order valence-electron chi connectivity index (χ1n) is 15.9. The molecule has 9 nitrogen and oxygen atoms in total. The van der Waals surface area contributed by atoms with Crippen LogP contribution in [0.4, 0.5) is 5.82 Å². The Kier molecular flexibility index (Phi) is 7.40. The summed E-state index contributed by atoms with van der Waals surface area (Å²) in [6, 6.07) is 13.0. The third kappa shape index (κ3) is 5.47. The monoisotopic (exact) mass is 616 g/mol. The van der Waals surface area contributed by atoms with E-state index in [1.165, 1.54) is 6.42 Å². The average Bonchev–Trinajstić information content (AvgIpc) is 3.91. The van der Waals surface area contributed by atoms with E-state index in [9.17, 15) is 13.2 Å². The van der Waals surface area contributed by atoms with Crippen molar-refractivity contribution in [3.05, 3.63) is 64.9 Å². The number of aryl methyl sites for hydroxylation is 1. The number of ether oxygens (including phenoxy) is 1. The van der Waals surface area contributed by atoms with E-state index in [-0.39, 0.29) is 22.7 Å². The van der Waals surface area contributed by atoms with Crippen LogP contribution >= 0.6 is 0 Å². The summed E-state index contributed by atoms with van der Waals surface area (Å²) in [5.41, 5.74) is 3.31. The topological polar surface area (TPSA) is 114 Å². The zero-order chi connectivity index (χ0) is 30.6. The van der Waals surface area contributed by atoms with Gasteiger partial charge in [0.2, 0.25) is 0 Å². The highest BCUT2D eigenvalue weighted by atomic mass is 32.2.